The number of carbonyl (C=O) groups excluding carboxylic acids is 1. The van der Waals surface area contributed by atoms with Crippen LogP contribution in [0.5, 0.6) is 11.5 Å². The Morgan fingerprint density at radius 2 is 2.03 bits per heavy atom. The van der Waals surface area contributed by atoms with Crippen molar-refractivity contribution in [2.75, 3.05) is 19.5 Å². The van der Waals surface area contributed by atoms with Crippen LogP contribution in [0.25, 0.3) is 21.5 Å². The Morgan fingerprint density at radius 3 is 2.78 bits per heavy atom. The fraction of sp³-hybridized carbons (Fsp3) is 0.273. The van der Waals surface area contributed by atoms with E-state index in [1.807, 2.05) is 31.4 Å². The summed E-state index contributed by atoms with van der Waals surface area (Å²) in [5.41, 5.74) is 2.33. The van der Waals surface area contributed by atoms with E-state index < -0.39 is 0 Å². The molecule has 32 heavy (non-hydrogen) atoms. The lowest BCUT2D eigenvalue weighted by atomic mass is 10.1. The second-order valence-corrected chi connectivity index (χ2v) is 9.17. The molecular weight excluding hydrogens is 448 g/mol. The Labute approximate surface area is 192 Å². The summed E-state index contributed by atoms with van der Waals surface area (Å²) >= 11 is 2.83. The van der Waals surface area contributed by atoms with Crippen LogP contribution in [-0.2, 0) is 11.3 Å². The highest BCUT2D eigenvalue weighted by Crippen LogP contribution is 2.34. The summed E-state index contributed by atoms with van der Waals surface area (Å²) in [6, 6.07) is 5.48. The largest absolute Gasteiger partial charge is 0.497 e. The normalized spacial score (nSPS) is 11.0. The standard InChI is InChI=1S/C22H22N4O4S2/c1-12-13(2)32-20-19(12)21(28)26(11-23-20)8-7-18(27)25-22-24-16(10-31-22)15-6-5-14(29-3)9-17(15)30-4/h5-6,9-11H,7-8H2,1-4H3,(H,24,25,27). The van der Waals surface area contributed by atoms with Gasteiger partial charge < -0.3 is 14.8 Å². The first kappa shape index (κ1) is 22.0. The van der Waals surface area contributed by atoms with E-state index in [1.54, 1.807) is 20.3 Å². The van der Waals surface area contributed by atoms with Gasteiger partial charge in [0.15, 0.2) is 5.13 Å². The molecule has 0 aliphatic carbocycles. The fourth-order valence-electron chi connectivity index (χ4n) is 3.30. The van der Waals surface area contributed by atoms with Crippen LogP contribution >= 0.6 is 22.7 Å². The van der Waals surface area contributed by atoms with Crippen LogP contribution in [0.1, 0.15) is 16.9 Å². The van der Waals surface area contributed by atoms with Gasteiger partial charge in [-0.2, -0.15) is 0 Å². The molecule has 0 saturated heterocycles. The molecule has 0 fully saturated rings. The van der Waals surface area contributed by atoms with E-state index in [0.717, 1.165) is 20.8 Å². The van der Waals surface area contributed by atoms with E-state index in [1.165, 1.54) is 33.6 Å². The summed E-state index contributed by atoms with van der Waals surface area (Å²) in [5, 5.41) is 5.77. The third kappa shape index (κ3) is 4.23. The molecule has 0 atom stereocenters. The predicted molar refractivity (Wildman–Crippen MR) is 127 cm³/mol. The maximum Gasteiger partial charge on any atom is 0.262 e. The first-order valence-electron chi connectivity index (χ1n) is 9.84. The summed E-state index contributed by atoms with van der Waals surface area (Å²) in [6.07, 6.45) is 1.64. The van der Waals surface area contributed by atoms with Gasteiger partial charge in [-0.25, -0.2) is 9.97 Å². The Hall–Kier alpha value is -3.24. The van der Waals surface area contributed by atoms with Crippen LogP contribution in [0, 0.1) is 13.8 Å². The number of ether oxygens (including phenoxy) is 2. The topological polar surface area (TPSA) is 95.3 Å². The van der Waals surface area contributed by atoms with E-state index in [9.17, 15) is 9.59 Å². The molecule has 4 rings (SSSR count). The summed E-state index contributed by atoms with van der Waals surface area (Å²) in [7, 11) is 3.18. The molecule has 1 N–H and O–H groups in total. The Kier molecular flexibility index (Phi) is 6.24. The lowest BCUT2D eigenvalue weighted by molar-refractivity contribution is -0.116. The average molecular weight is 471 g/mol. The highest BCUT2D eigenvalue weighted by molar-refractivity contribution is 7.18. The van der Waals surface area contributed by atoms with Crippen molar-refractivity contribution in [2.24, 2.45) is 0 Å². The lowest BCUT2D eigenvalue weighted by Crippen LogP contribution is -2.23. The molecular formula is C22H22N4O4S2. The zero-order valence-electron chi connectivity index (χ0n) is 18.1. The molecule has 1 amide bonds. The van der Waals surface area contributed by atoms with Gasteiger partial charge in [-0.15, -0.1) is 22.7 Å². The number of benzene rings is 1. The zero-order chi connectivity index (χ0) is 22.8. The number of nitrogens with zero attached hydrogens (tertiary/aromatic N) is 3. The smallest absolute Gasteiger partial charge is 0.262 e. The number of rotatable bonds is 7. The molecule has 0 bridgehead atoms. The number of fused-ring (bicyclic) bond motifs is 1. The molecule has 0 radical (unpaired) electrons. The van der Waals surface area contributed by atoms with Gasteiger partial charge in [0.05, 0.1) is 31.6 Å². The summed E-state index contributed by atoms with van der Waals surface area (Å²) in [4.78, 5) is 35.9. The van der Waals surface area contributed by atoms with Crippen molar-refractivity contribution >= 4 is 43.9 Å². The second kappa shape index (κ2) is 9.09. The maximum atomic E-state index is 12.8. The molecule has 0 spiro atoms. The number of thiazole rings is 1. The number of methoxy groups -OCH3 is 2. The van der Waals surface area contributed by atoms with E-state index in [0.29, 0.717) is 27.7 Å². The monoisotopic (exact) mass is 470 g/mol. The van der Waals surface area contributed by atoms with Gasteiger partial charge >= 0.3 is 0 Å². The minimum atomic E-state index is -0.224. The number of amides is 1. The molecule has 3 heterocycles. The Morgan fingerprint density at radius 1 is 1.22 bits per heavy atom. The van der Waals surface area contributed by atoms with Crippen molar-refractivity contribution in [3.8, 4) is 22.8 Å². The molecule has 10 heteroatoms. The lowest BCUT2D eigenvalue weighted by Gasteiger charge is -2.08. The number of hydrogen-bond acceptors (Lipinski definition) is 8. The van der Waals surface area contributed by atoms with Crippen LogP contribution in [0.3, 0.4) is 0 Å². The van der Waals surface area contributed by atoms with Gasteiger partial charge in [0, 0.05) is 34.9 Å². The highest BCUT2D eigenvalue weighted by Gasteiger charge is 2.15. The molecule has 0 aliphatic heterocycles. The number of hydrogen-bond donors (Lipinski definition) is 1. The molecule has 166 valence electrons. The van der Waals surface area contributed by atoms with Gasteiger partial charge in [0.2, 0.25) is 5.91 Å². The van der Waals surface area contributed by atoms with Gasteiger partial charge in [0.1, 0.15) is 16.3 Å². The van der Waals surface area contributed by atoms with Gasteiger partial charge in [-0.05, 0) is 31.5 Å². The van der Waals surface area contributed by atoms with Crippen LogP contribution in [0.4, 0.5) is 5.13 Å². The molecule has 4 aromatic rings. The van der Waals surface area contributed by atoms with Crippen molar-refractivity contribution in [3.63, 3.8) is 0 Å². The number of aryl methyl sites for hydroxylation is 3. The van der Waals surface area contributed by atoms with Crippen molar-refractivity contribution < 1.29 is 14.3 Å². The second-order valence-electron chi connectivity index (χ2n) is 7.11. The third-order valence-electron chi connectivity index (χ3n) is 5.17. The van der Waals surface area contributed by atoms with Gasteiger partial charge in [-0.3, -0.25) is 14.2 Å². The van der Waals surface area contributed by atoms with Gasteiger partial charge in [-0.1, -0.05) is 0 Å². The summed E-state index contributed by atoms with van der Waals surface area (Å²) < 4.78 is 12.1. The van der Waals surface area contributed by atoms with E-state index in [2.05, 4.69) is 15.3 Å². The van der Waals surface area contributed by atoms with E-state index in [4.69, 9.17) is 9.47 Å². The van der Waals surface area contributed by atoms with Crippen LogP contribution in [0.2, 0.25) is 0 Å². The quantitative estimate of drug-likeness (QED) is 0.434. The molecule has 8 nitrogen and oxygen atoms in total. The Balaban J connectivity index is 1.44. The highest BCUT2D eigenvalue weighted by atomic mass is 32.1. The van der Waals surface area contributed by atoms with Crippen LogP contribution in [-0.4, -0.2) is 34.7 Å². The minimum absolute atomic E-state index is 0.118. The Bertz CT molecular complexity index is 1360. The fourth-order valence-corrected chi connectivity index (χ4v) is 5.01. The molecule has 0 unspecified atom stereocenters. The SMILES string of the molecule is COc1ccc(-c2csc(NC(=O)CCn3cnc4sc(C)c(C)c4c3=O)n2)c(OC)c1. The van der Waals surface area contributed by atoms with Crippen LogP contribution < -0.4 is 20.3 Å². The molecule has 1 aromatic carbocycles. The average Bonchev–Trinajstić information content (AvgIpc) is 3.37. The molecule has 0 saturated carbocycles. The van der Waals surface area contributed by atoms with Crippen molar-refractivity contribution in [1.82, 2.24) is 14.5 Å². The van der Waals surface area contributed by atoms with Crippen molar-refractivity contribution in [3.05, 3.63) is 50.7 Å². The number of thiophene rings is 1. The summed E-state index contributed by atoms with van der Waals surface area (Å²) in [6.45, 7) is 4.14. The number of anilines is 1. The first-order chi connectivity index (χ1) is 15.4. The molecule has 3 aromatic heterocycles. The van der Waals surface area contributed by atoms with Crippen molar-refractivity contribution in [1.29, 1.82) is 0 Å². The van der Waals surface area contributed by atoms with Crippen molar-refractivity contribution in [2.45, 2.75) is 26.8 Å². The summed E-state index contributed by atoms with van der Waals surface area (Å²) in [5.74, 6) is 1.09. The maximum absolute atomic E-state index is 12.8. The van der Waals surface area contributed by atoms with Gasteiger partial charge in [0.25, 0.3) is 5.56 Å². The first-order valence-corrected chi connectivity index (χ1v) is 11.5. The number of carbonyl (C=O) groups is 1. The van der Waals surface area contributed by atoms with Crippen LogP contribution in [0.15, 0.2) is 34.7 Å². The van der Waals surface area contributed by atoms with E-state index >= 15 is 0 Å². The predicted octanol–water partition coefficient (Wildman–Crippen LogP) is 4.24. The third-order valence-corrected chi connectivity index (χ3v) is 7.04. The minimum Gasteiger partial charge on any atom is -0.497 e. The number of nitrogens with one attached hydrogen (secondary N) is 1. The zero-order valence-corrected chi connectivity index (χ0v) is 19.7. The molecule has 0 aliphatic rings. The number of aromatic nitrogens is 3. The van der Waals surface area contributed by atoms with E-state index in [-0.39, 0.29) is 24.4 Å².